The van der Waals surface area contributed by atoms with Crippen molar-refractivity contribution in [3.63, 3.8) is 0 Å². The highest BCUT2D eigenvalue weighted by molar-refractivity contribution is 5.98. The minimum atomic E-state index is -0.530. The van der Waals surface area contributed by atoms with E-state index < -0.39 is 5.92 Å². The highest BCUT2D eigenvalue weighted by Gasteiger charge is 2.25. The number of hydrogen-bond acceptors (Lipinski definition) is 3. The van der Waals surface area contributed by atoms with Crippen molar-refractivity contribution in [3.05, 3.63) is 0 Å². The van der Waals surface area contributed by atoms with Gasteiger partial charge in [0, 0.05) is 6.42 Å². The average molecular weight is 341 g/mol. The summed E-state index contributed by atoms with van der Waals surface area (Å²) in [7, 11) is 0. The lowest BCUT2D eigenvalue weighted by Crippen LogP contribution is -2.25. The standard InChI is InChI=1S/C21H40O3/c1-4-7-8-9-10-11-12-13-14-15-16-17-18-19(20(22)5-2)21(23)24-6-3/h19H,4-18H2,1-3H3. The average Bonchev–Trinajstić information content (AvgIpc) is 2.58. The maximum absolute atomic E-state index is 11.9. The van der Waals surface area contributed by atoms with Crippen LogP contribution in [0.4, 0.5) is 0 Å². The Balaban J connectivity index is 3.58. The van der Waals surface area contributed by atoms with E-state index in [4.69, 9.17) is 4.74 Å². The number of Topliss-reactive ketones (excluding diaryl/α,β-unsaturated/α-hetero) is 1. The fourth-order valence-electron chi connectivity index (χ4n) is 3.09. The molecule has 0 bridgehead atoms. The van der Waals surface area contributed by atoms with Crippen LogP contribution in [0.2, 0.25) is 0 Å². The van der Waals surface area contributed by atoms with E-state index in [1.807, 2.05) is 6.92 Å². The van der Waals surface area contributed by atoms with Crippen molar-refractivity contribution in [1.82, 2.24) is 0 Å². The number of unbranched alkanes of at least 4 members (excludes halogenated alkanes) is 11. The Kier molecular flexibility index (Phi) is 16.4. The van der Waals surface area contributed by atoms with Crippen LogP contribution in [0.1, 0.15) is 111 Å². The van der Waals surface area contributed by atoms with Crippen LogP contribution in [0.15, 0.2) is 0 Å². The molecule has 0 aliphatic carbocycles. The fourth-order valence-corrected chi connectivity index (χ4v) is 3.09. The Labute approximate surface area is 149 Å². The van der Waals surface area contributed by atoms with Crippen LogP contribution >= 0.6 is 0 Å². The number of hydrogen-bond donors (Lipinski definition) is 0. The molecule has 3 nitrogen and oxygen atoms in total. The Morgan fingerprint density at radius 1 is 0.708 bits per heavy atom. The van der Waals surface area contributed by atoms with Gasteiger partial charge in [-0.1, -0.05) is 90.9 Å². The van der Waals surface area contributed by atoms with E-state index in [1.165, 1.54) is 64.2 Å². The normalized spacial score (nSPS) is 12.1. The third-order valence-electron chi connectivity index (χ3n) is 4.65. The Morgan fingerprint density at radius 3 is 1.58 bits per heavy atom. The summed E-state index contributed by atoms with van der Waals surface area (Å²) in [4.78, 5) is 23.7. The SMILES string of the molecule is CCCCCCCCCCCCCCC(C(=O)CC)C(=O)OCC. The van der Waals surface area contributed by atoms with Crippen LogP contribution in [0.25, 0.3) is 0 Å². The van der Waals surface area contributed by atoms with Crippen molar-refractivity contribution < 1.29 is 14.3 Å². The highest BCUT2D eigenvalue weighted by atomic mass is 16.5. The van der Waals surface area contributed by atoms with E-state index >= 15 is 0 Å². The predicted molar refractivity (Wildman–Crippen MR) is 101 cm³/mol. The van der Waals surface area contributed by atoms with Gasteiger partial charge in [0.25, 0.3) is 0 Å². The van der Waals surface area contributed by atoms with Crippen molar-refractivity contribution in [3.8, 4) is 0 Å². The number of rotatable bonds is 17. The van der Waals surface area contributed by atoms with E-state index in [-0.39, 0.29) is 11.8 Å². The molecule has 142 valence electrons. The molecule has 3 heteroatoms. The molecule has 0 amide bonds. The van der Waals surface area contributed by atoms with E-state index in [2.05, 4.69) is 6.92 Å². The van der Waals surface area contributed by atoms with Crippen LogP contribution in [0, 0.1) is 5.92 Å². The van der Waals surface area contributed by atoms with Crippen molar-refractivity contribution in [2.24, 2.45) is 5.92 Å². The molecule has 0 spiro atoms. The smallest absolute Gasteiger partial charge is 0.316 e. The lowest BCUT2D eigenvalue weighted by molar-refractivity contribution is -0.151. The van der Waals surface area contributed by atoms with E-state index in [1.54, 1.807) is 6.92 Å². The predicted octanol–water partition coefficient (Wildman–Crippen LogP) is 6.24. The zero-order valence-corrected chi connectivity index (χ0v) is 16.4. The molecular formula is C21H40O3. The summed E-state index contributed by atoms with van der Waals surface area (Å²) in [5, 5.41) is 0. The van der Waals surface area contributed by atoms with Crippen LogP contribution in [0.3, 0.4) is 0 Å². The molecule has 0 N–H and O–H groups in total. The highest BCUT2D eigenvalue weighted by Crippen LogP contribution is 2.17. The van der Waals surface area contributed by atoms with Gasteiger partial charge in [0.2, 0.25) is 0 Å². The van der Waals surface area contributed by atoms with Crippen LogP contribution in [-0.4, -0.2) is 18.4 Å². The third kappa shape index (κ3) is 12.5. The minimum Gasteiger partial charge on any atom is -0.465 e. The van der Waals surface area contributed by atoms with Crippen molar-refractivity contribution >= 4 is 11.8 Å². The van der Waals surface area contributed by atoms with Gasteiger partial charge in [0.1, 0.15) is 11.7 Å². The zero-order chi connectivity index (χ0) is 18.0. The summed E-state index contributed by atoms with van der Waals surface area (Å²) >= 11 is 0. The minimum absolute atomic E-state index is 0.0246. The molecule has 1 atom stereocenters. The van der Waals surface area contributed by atoms with Gasteiger partial charge in [-0.15, -0.1) is 0 Å². The summed E-state index contributed by atoms with van der Waals surface area (Å²) in [5.74, 6) is -0.831. The third-order valence-corrected chi connectivity index (χ3v) is 4.65. The Bertz CT molecular complexity index is 312. The second-order valence-electron chi connectivity index (χ2n) is 6.80. The molecule has 0 aromatic heterocycles. The van der Waals surface area contributed by atoms with Gasteiger partial charge in [-0.05, 0) is 13.3 Å². The van der Waals surface area contributed by atoms with Crippen molar-refractivity contribution in [2.75, 3.05) is 6.61 Å². The van der Waals surface area contributed by atoms with Gasteiger partial charge >= 0.3 is 5.97 Å². The molecule has 24 heavy (non-hydrogen) atoms. The molecule has 0 radical (unpaired) electrons. The fraction of sp³-hybridized carbons (Fsp3) is 0.905. The maximum atomic E-state index is 11.9. The summed E-state index contributed by atoms with van der Waals surface area (Å²) in [6.45, 7) is 6.21. The summed E-state index contributed by atoms with van der Waals surface area (Å²) in [5.41, 5.74) is 0. The van der Waals surface area contributed by atoms with E-state index in [9.17, 15) is 9.59 Å². The molecule has 0 rings (SSSR count). The van der Waals surface area contributed by atoms with Gasteiger partial charge in [0.05, 0.1) is 6.61 Å². The monoisotopic (exact) mass is 340 g/mol. The number of carbonyl (C=O) groups excluding carboxylic acids is 2. The zero-order valence-electron chi connectivity index (χ0n) is 16.4. The first-order chi connectivity index (χ1) is 11.7. The van der Waals surface area contributed by atoms with Crippen LogP contribution in [0.5, 0.6) is 0 Å². The second kappa shape index (κ2) is 17.0. The van der Waals surface area contributed by atoms with E-state index in [0.717, 1.165) is 12.8 Å². The molecule has 0 saturated heterocycles. The largest absolute Gasteiger partial charge is 0.465 e. The number of ketones is 1. The first kappa shape index (κ1) is 23.1. The van der Waals surface area contributed by atoms with Crippen molar-refractivity contribution in [2.45, 2.75) is 111 Å². The Hall–Kier alpha value is -0.860. The molecule has 0 aromatic rings. The summed E-state index contributed by atoms with van der Waals surface area (Å²) in [6, 6.07) is 0. The Morgan fingerprint density at radius 2 is 1.17 bits per heavy atom. The van der Waals surface area contributed by atoms with Gasteiger partial charge in [-0.25, -0.2) is 0 Å². The van der Waals surface area contributed by atoms with Crippen LogP contribution in [-0.2, 0) is 14.3 Å². The first-order valence-corrected chi connectivity index (χ1v) is 10.4. The number of ether oxygens (including phenoxy) is 1. The lowest BCUT2D eigenvalue weighted by atomic mass is 9.95. The maximum Gasteiger partial charge on any atom is 0.316 e. The van der Waals surface area contributed by atoms with Crippen molar-refractivity contribution in [1.29, 1.82) is 0 Å². The molecule has 1 unspecified atom stereocenters. The van der Waals surface area contributed by atoms with Gasteiger partial charge in [-0.2, -0.15) is 0 Å². The van der Waals surface area contributed by atoms with Gasteiger partial charge in [0.15, 0.2) is 0 Å². The van der Waals surface area contributed by atoms with E-state index in [0.29, 0.717) is 19.4 Å². The van der Waals surface area contributed by atoms with Gasteiger partial charge in [-0.3, -0.25) is 9.59 Å². The first-order valence-electron chi connectivity index (χ1n) is 10.4. The molecule has 0 fully saturated rings. The van der Waals surface area contributed by atoms with Gasteiger partial charge < -0.3 is 4.74 Å². The van der Waals surface area contributed by atoms with Crippen LogP contribution < -0.4 is 0 Å². The molecule has 0 aliphatic heterocycles. The summed E-state index contributed by atoms with van der Waals surface area (Å²) < 4.78 is 5.02. The topological polar surface area (TPSA) is 43.4 Å². The number of carbonyl (C=O) groups is 2. The second-order valence-corrected chi connectivity index (χ2v) is 6.80. The molecule has 0 aliphatic rings. The molecular weight excluding hydrogens is 300 g/mol. The molecule has 0 heterocycles. The molecule has 0 aromatic carbocycles. The summed E-state index contributed by atoms with van der Waals surface area (Å²) in [6.07, 6.45) is 16.6. The lowest BCUT2D eigenvalue weighted by Gasteiger charge is -2.13. The quantitative estimate of drug-likeness (QED) is 0.179. The number of esters is 1. The molecule has 0 saturated carbocycles.